The molecule has 19 heavy (non-hydrogen) atoms. The number of carbonyl (C=O) groups excluding carboxylic acids is 1. The van der Waals surface area contributed by atoms with Crippen molar-refractivity contribution in [1.29, 1.82) is 0 Å². The van der Waals surface area contributed by atoms with E-state index in [1.807, 2.05) is 0 Å². The number of carbonyl (C=O) groups is 2. The molecular formula is C9H8ClN3O6. The normalized spacial score (nSPS) is 9.74. The molecule has 0 atom stereocenters. The number of amides is 2. The Kier molecular flexibility index (Phi) is 5.03. The largest absolute Gasteiger partial charge is 0.479 e. The van der Waals surface area contributed by atoms with Gasteiger partial charge in [-0.2, -0.15) is 0 Å². The van der Waals surface area contributed by atoms with E-state index in [0.29, 0.717) is 0 Å². The van der Waals surface area contributed by atoms with Crippen LogP contribution in [-0.2, 0) is 9.63 Å². The number of carboxylic acids is 1. The van der Waals surface area contributed by atoms with Crippen LogP contribution in [0, 0.1) is 10.1 Å². The zero-order chi connectivity index (χ0) is 14.4. The first-order valence-electron chi connectivity index (χ1n) is 4.74. The van der Waals surface area contributed by atoms with Gasteiger partial charge < -0.3 is 10.4 Å². The Morgan fingerprint density at radius 2 is 2.16 bits per heavy atom. The maximum Gasteiger partial charge on any atom is 0.343 e. The Morgan fingerprint density at radius 1 is 1.47 bits per heavy atom. The van der Waals surface area contributed by atoms with Gasteiger partial charge in [0.25, 0.3) is 5.69 Å². The highest BCUT2D eigenvalue weighted by molar-refractivity contribution is 6.32. The van der Waals surface area contributed by atoms with E-state index < -0.39 is 23.5 Å². The fraction of sp³-hybridized carbons (Fsp3) is 0.111. The molecule has 0 heterocycles. The molecule has 102 valence electrons. The van der Waals surface area contributed by atoms with Gasteiger partial charge in [0.2, 0.25) is 0 Å². The summed E-state index contributed by atoms with van der Waals surface area (Å²) in [4.78, 5) is 35.5. The van der Waals surface area contributed by atoms with Crippen LogP contribution in [0.2, 0.25) is 5.02 Å². The highest BCUT2D eigenvalue weighted by Crippen LogP contribution is 2.27. The van der Waals surface area contributed by atoms with Crippen LogP contribution in [0.1, 0.15) is 0 Å². The first kappa shape index (κ1) is 14.7. The van der Waals surface area contributed by atoms with Crippen molar-refractivity contribution in [3.8, 4) is 0 Å². The second-order valence-electron chi connectivity index (χ2n) is 3.16. The number of anilines is 1. The number of hydrogen-bond acceptors (Lipinski definition) is 5. The van der Waals surface area contributed by atoms with E-state index in [2.05, 4.69) is 10.2 Å². The van der Waals surface area contributed by atoms with Gasteiger partial charge in [0, 0.05) is 11.8 Å². The summed E-state index contributed by atoms with van der Waals surface area (Å²) < 4.78 is 0. The molecule has 0 aliphatic rings. The Morgan fingerprint density at radius 3 is 2.74 bits per heavy atom. The Balaban J connectivity index is 2.62. The second kappa shape index (κ2) is 6.52. The number of aliphatic carboxylic acids is 1. The number of nitrogens with one attached hydrogen (secondary N) is 2. The molecule has 0 unspecified atom stereocenters. The SMILES string of the molecule is O=C(O)CONC(=O)Nc1ccc(Cl)c([N+](=O)[O-])c1. The van der Waals surface area contributed by atoms with Crippen LogP contribution in [0.3, 0.4) is 0 Å². The summed E-state index contributed by atoms with van der Waals surface area (Å²) in [6, 6.07) is 2.76. The van der Waals surface area contributed by atoms with E-state index in [1.165, 1.54) is 12.1 Å². The van der Waals surface area contributed by atoms with E-state index >= 15 is 0 Å². The summed E-state index contributed by atoms with van der Waals surface area (Å²) >= 11 is 5.59. The lowest BCUT2D eigenvalue weighted by Gasteiger charge is -2.06. The zero-order valence-corrected chi connectivity index (χ0v) is 10.0. The molecule has 0 saturated heterocycles. The summed E-state index contributed by atoms with van der Waals surface area (Å²) in [6.45, 7) is -0.714. The molecule has 0 radical (unpaired) electrons. The Hall–Kier alpha value is -2.39. The van der Waals surface area contributed by atoms with E-state index in [4.69, 9.17) is 16.7 Å². The maximum atomic E-state index is 11.2. The number of hydrogen-bond donors (Lipinski definition) is 3. The van der Waals surface area contributed by atoms with Crippen molar-refractivity contribution in [3.05, 3.63) is 33.3 Å². The van der Waals surface area contributed by atoms with Crippen molar-refractivity contribution in [2.45, 2.75) is 0 Å². The third-order valence-corrected chi connectivity index (χ3v) is 2.08. The molecule has 1 aromatic carbocycles. The molecule has 2 amide bonds. The molecule has 1 aromatic rings. The minimum absolute atomic E-state index is 0.0712. The highest BCUT2D eigenvalue weighted by atomic mass is 35.5. The summed E-state index contributed by atoms with van der Waals surface area (Å²) in [5.74, 6) is -1.26. The van der Waals surface area contributed by atoms with Crippen LogP contribution in [-0.4, -0.2) is 28.6 Å². The highest BCUT2D eigenvalue weighted by Gasteiger charge is 2.13. The number of urea groups is 1. The summed E-state index contributed by atoms with van der Waals surface area (Å²) in [6.07, 6.45) is 0. The van der Waals surface area contributed by atoms with Crippen molar-refractivity contribution in [2.75, 3.05) is 11.9 Å². The molecule has 3 N–H and O–H groups in total. The van der Waals surface area contributed by atoms with Gasteiger partial charge in [0.15, 0.2) is 6.61 Å². The number of carboxylic acid groups (broad SMARTS) is 1. The fourth-order valence-corrected chi connectivity index (χ4v) is 1.24. The molecule has 0 saturated carbocycles. The van der Waals surface area contributed by atoms with Crippen LogP contribution >= 0.6 is 11.6 Å². The molecule has 0 aromatic heterocycles. The van der Waals surface area contributed by atoms with Gasteiger partial charge in [-0.1, -0.05) is 11.6 Å². The molecule has 0 bridgehead atoms. The fourth-order valence-electron chi connectivity index (χ4n) is 1.05. The number of halogens is 1. The van der Waals surface area contributed by atoms with Gasteiger partial charge >= 0.3 is 12.0 Å². The minimum Gasteiger partial charge on any atom is -0.479 e. The van der Waals surface area contributed by atoms with Gasteiger partial charge in [-0.25, -0.2) is 15.1 Å². The average Bonchev–Trinajstić information content (AvgIpc) is 2.30. The maximum absolute atomic E-state index is 11.2. The number of nitro groups is 1. The summed E-state index contributed by atoms with van der Waals surface area (Å²) in [7, 11) is 0. The number of hydroxylamine groups is 1. The van der Waals surface area contributed by atoms with Crippen molar-refractivity contribution >= 4 is 35.0 Å². The minimum atomic E-state index is -1.26. The molecule has 0 fully saturated rings. The van der Waals surface area contributed by atoms with Crippen molar-refractivity contribution in [3.63, 3.8) is 0 Å². The monoisotopic (exact) mass is 289 g/mol. The molecule has 10 heteroatoms. The van der Waals surface area contributed by atoms with E-state index in [9.17, 15) is 19.7 Å². The van der Waals surface area contributed by atoms with Gasteiger partial charge in [-0.05, 0) is 12.1 Å². The predicted molar refractivity (Wildman–Crippen MR) is 63.8 cm³/mol. The molecule has 0 spiro atoms. The van der Waals surface area contributed by atoms with Gasteiger partial charge in [0.1, 0.15) is 5.02 Å². The number of nitro benzene ring substituents is 1. The van der Waals surface area contributed by atoms with E-state index in [1.54, 1.807) is 5.48 Å². The predicted octanol–water partition coefficient (Wildman–Crippen LogP) is 1.39. The van der Waals surface area contributed by atoms with Crippen LogP contribution < -0.4 is 10.8 Å². The third-order valence-electron chi connectivity index (χ3n) is 1.76. The van der Waals surface area contributed by atoms with E-state index in [-0.39, 0.29) is 16.4 Å². The van der Waals surface area contributed by atoms with E-state index in [0.717, 1.165) is 6.07 Å². The van der Waals surface area contributed by atoms with Crippen molar-refractivity contribution in [1.82, 2.24) is 5.48 Å². The van der Waals surface area contributed by atoms with Crippen molar-refractivity contribution < 1.29 is 24.5 Å². The topological polar surface area (TPSA) is 131 Å². The lowest BCUT2D eigenvalue weighted by molar-refractivity contribution is -0.384. The smallest absolute Gasteiger partial charge is 0.343 e. The van der Waals surface area contributed by atoms with Gasteiger partial charge in [-0.3, -0.25) is 15.0 Å². The average molecular weight is 290 g/mol. The second-order valence-corrected chi connectivity index (χ2v) is 3.57. The van der Waals surface area contributed by atoms with Crippen LogP contribution in [0.25, 0.3) is 0 Å². The van der Waals surface area contributed by atoms with Gasteiger partial charge in [0.05, 0.1) is 4.92 Å². The number of nitrogens with zero attached hydrogens (tertiary/aromatic N) is 1. The lowest BCUT2D eigenvalue weighted by Crippen LogP contribution is -2.30. The third kappa shape index (κ3) is 4.77. The first-order valence-corrected chi connectivity index (χ1v) is 5.12. The number of benzene rings is 1. The zero-order valence-electron chi connectivity index (χ0n) is 9.25. The number of rotatable bonds is 5. The van der Waals surface area contributed by atoms with Crippen LogP contribution in [0.5, 0.6) is 0 Å². The Labute approximate surface area is 111 Å². The lowest BCUT2D eigenvalue weighted by atomic mass is 10.3. The molecular weight excluding hydrogens is 282 g/mol. The Bertz CT molecular complexity index is 521. The molecule has 1 rings (SSSR count). The van der Waals surface area contributed by atoms with Crippen LogP contribution in [0.15, 0.2) is 18.2 Å². The molecule has 9 nitrogen and oxygen atoms in total. The van der Waals surface area contributed by atoms with Crippen molar-refractivity contribution in [2.24, 2.45) is 0 Å². The van der Waals surface area contributed by atoms with Crippen LogP contribution in [0.4, 0.5) is 16.2 Å². The molecule has 0 aliphatic carbocycles. The first-order chi connectivity index (χ1) is 8.90. The quantitative estimate of drug-likeness (QED) is 0.554. The standard InChI is InChI=1S/C9H8ClN3O6/c10-6-2-1-5(3-7(6)13(17)18)11-9(16)12-19-4-8(14)15/h1-3H,4H2,(H,14,15)(H2,11,12,16). The summed E-state index contributed by atoms with van der Waals surface area (Å²) in [5.41, 5.74) is 1.53. The summed E-state index contributed by atoms with van der Waals surface area (Å²) in [5, 5.41) is 21.0. The van der Waals surface area contributed by atoms with Gasteiger partial charge in [-0.15, -0.1) is 0 Å². The molecule has 0 aliphatic heterocycles.